The third-order valence-corrected chi connectivity index (χ3v) is 5.51. The molecule has 0 aromatic rings. The summed E-state index contributed by atoms with van der Waals surface area (Å²) in [5, 5.41) is 6.68. The van der Waals surface area contributed by atoms with Crippen molar-refractivity contribution in [3.8, 4) is 0 Å². The second kappa shape index (κ2) is 13.3. The number of hydrogen-bond acceptors (Lipinski definition) is 5. The molecule has 0 amide bonds. The van der Waals surface area contributed by atoms with Crippen molar-refractivity contribution in [2.45, 2.75) is 87.1 Å². The maximum absolute atomic E-state index is 11.6. The number of aldehydes is 1. The van der Waals surface area contributed by atoms with Gasteiger partial charge in [-0.15, -0.1) is 0 Å². The van der Waals surface area contributed by atoms with Crippen molar-refractivity contribution >= 4 is 12.3 Å². The molecule has 162 valence electrons. The topological polar surface area (TPSA) is 67.4 Å². The first-order chi connectivity index (χ1) is 12.3. The summed E-state index contributed by atoms with van der Waals surface area (Å²) >= 11 is 0. The molecule has 0 aliphatic heterocycles. The number of carbonyl (C=O) groups is 2. The Hall–Kier alpha value is -0.940. The van der Waals surface area contributed by atoms with E-state index >= 15 is 0 Å². The average Bonchev–Trinajstić information content (AvgIpc) is 2.58. The molecular formula is C22H46N2O3. The van der Waals surface area contributed by atoms with Crippen LogP contribution in [0.1, 0.15) is 81.6 Å². The lowest BCUT2D eigenvalue weighted by molar-refractivity contribution is -0.156. The summed E-state index contributed by atoms with van der Waals surface area (Å²) < 4.78 is 4.84. The Bertz CT molecular complexity index is 418. The van der Waals surface area contributed by atoms with Crippen LogP contribution in [0.4, 0.5) is 0 Å². The number of esters is 1. The smallest absolute Gasteiger partial charge is 0.311 e. The third-order valence-electron chi connectivity index (χ3n) is 5.51. The molecule has 5 nitrogen and oxygen atoms in total. The lowest BCUT2D eigenvalue weighted by Gasteiger charge is -2.32. The van der Waals surface area contributed by atoms with Gasteiger partial charge in [-0.25, -0.2) is 0 Å². The van der Waals surface area contributed by atoms with Crippen LogP contribution in [0.3, 0.4) is 0 Å². The van der Waals surface area contributed by atoms with Crippen LogP contribution in [-0.2, 0) is 14.3 Å². The Balaban J connectivity index is 0. The van der Waals surface area contributed by atoms with Gasteiger partial charge in [0.05, 0.1) is 5.41 Å². The highest BCUT2D eigenvalue weighted by molar-refractivity contribution is 5.77. The predicted molar refractivity (Wildman–Crippen MR) is 115 cm³/mol. The number of rotatable bonds is 12. The van der Waals surface area contributed by atoms with Crippen LogP contribution in [0.5, 0.6) is 0 Å². The second-order valence-corrected chi connectivity index (χ2v) is 9.40. The van der Waals surface area contributed by atoms with Gasteiger partial charge in [-0.05, 0) is 52.5 Å². The van der Waals surface area contributed by atoms with Gasteiger partial charge < -0.3 is 15.4 Å². The summed E-state index contributed by atoms with van der Waals surface area (Å²) in [5.74, 6) is 0.436. The van der Waals surface area contributed by atoms with Gasteiger partial charge >= 0.3 is 5.97 Å². The molecule has 0 saturated heterocycles. The van der Waals surface area contributed by atoms with Crippen LogP contribution < -0.4 is 10.6 Å². The molecule has 0 aromatic carbocycles. The van der Waals surface area contributed by atoms with E-state index in [0.29, 0.717) is 6.29 Å². The molecular weight excluding hydrogens is 340 g/mol. The largest absolute Gasteiger partial charge is 0.458 e. The molecule has 1 unspecified atom stereocenters. The van der Waals surface area contributed by atoms with E-state index in [2.05, 4.69) is 59.1 Å². The number of likely N-dealkylation sites (N-methyl/N-ethyl adjacent to an activating group) is 1. The number of carbonyl (C=O) groups excluding carboxylic acids is 2. The fourth-order valence-corrected chi connectivity index (χ4v) is 2.89. The molecule has 5 heteroatoms. The molecule has 2 N–H and O–H groups in total. The highest BCUT2D eigenvalue weighted by Gasteiger charge is 2.35. The molecule has 0 aromatic heterocycles. The van der Waals surface area contributed by atoms with E-state index in [1.807, 2.05) is 20.9 Å². The summed E-state index contributed by atoms with van der Waals surface area (Å²) in [7, 11) is 1.98. The first kappa shape index (κ1) is 28.3. The van der Waals surface area contributed by atoms with E-state index in [1.54, 1.807) is 0 Å². The van der Waals surface area contributed by atoms with E-state index in [9.17, 15) is 9.59 Å². The van der Waals surface area contributed by atoms with Gasteiger partial charge in [0.25, 0.3) is 0 Å². The summed E-state index contributed by atoms with van der Waals surface area (Å²) in [5.41, 5.74) is -0.141. The van der Waals surface area contributed by atoms with Gasteiger partial charge in [0, 0.05) is 18.6 Å². The van der Waals surface area contributed by atoms with Crippen molar-refractivity contribution in [2.75, 3.05) is 26.7 Å². The van der Waals surface area contributed by atoms with E-state index in [0.717, 1.165) is 31.8 Å². The molecule has 1 atom stereocenters. The Labute approximate surface area is 168 Å². The standard InChI is InChI=1S/C12H22O3.C10H24N2/c1-6-11(2,3)9-12(4,5)10(14)15-8-7-13;1-6-9(2)10(3,4)12-8-7-11-5/h7H,6,8-9H2,1-5H3;9,11-12H,6-8H2,1-5H3. The zero-order valence-electron chi connectivity index (χ0n) is 19.6. The van der Waals surface area contributed by atoms with Crippen molar-refractivity contribution < 1.29 is 14.3 Å². The first-order valence-electron chi connectivity index (χ1n) is 10.3. The van der Waals surface area contributed by atoms with Crippen LogP contribution in [0, 0.1) is 16.7 Å². The fraction of sp³-hybridized carbons (Fsp3) is 0.909. The molecule has 27 heavy (non-hydrogen) atoms. The van der Waals surface area contributed by atoms with Gasteiger partial charge in [-0.1, -0.05) is 47.5 Å². The third kappa shape index (κ3) is 13.0. The Kier molecular flexibility index (Phi) is 13.9. The van der Waals surface area contributed by atoms with E-state index < -0.39 is 5.41 Å². The van der Waals surface area contributed by atoms with Crippen LogP contribution in [0.15, 0.2) is 0 Å². The molecule has 0 aliphatic rings. The van der Waals surface area contributed by atoms with E-state index in [1.165, 1.54) is 6.42 Å². The monoisotopic (exact) mass is 386 g/mol. The van der Waals surface area contributed by atoms with Gasteiger partial charge in [-0.2, -0.15) is 0 Å². The Morgan fingerprint density at radius 1 is 1.07 bits per heavy atom. The van der Waals surface area contributed by atoms with Crippen LogP contribution in [0.2, 0.25) is 0 Å². The number of ether oxygens (including phenoxy) is 1. The minimum Gasteiger partial charge on any atom is -0.458 e. The second-order valence-electron chi connectivity index (χ2n) is 9.40. The summed E-state index contributed by atoms with van der Waals surface area (Å²) in [6.45, 7) is 21.1. The first-order valence-corrected chi connectivity index (χ1v) is 10.3. The van der Waals surface area contributed by atoms with Gasteiger partial charge in [0.15, 0.2) is 6.29 Å². The van der Waals surface area contributed by atoms with Crippen molar-refractivity contribution in [3.05, 3.63) is 0 Å². The minimum absolute atomic E-state index is 0.115. The maximum atomic E-state index is 11.6. The average molecular weight is 387 g/mol. The zero-order valence-corrected chi connectivity index (χ0v) is 19.6. The zero-order chi connectivity index (χ0) is 21.7. The quantitative estimate of drug-likeness (QED) is 0.299. The summed E-state index contributed by atoms with van der Waals surface area (Å²) in [6, 6.07) is 0. The van der Waals surface area contributed by atoms with Crippen molar-refractivity contribution in [1.82, 2.24) is 10.6 Å². The molecule has 0 radical (unpaired) electrons. The van der Waals surface area contributed by atoms with Gasteiger partial charge in [-0.3, -0.25) is 9.59 Å². The maximum Gasteiger partial charge on any atom is 0.311 e. The minimum atomic E-state index is -0.525. The SMILES string of the molecule is CCC(C)(C)CC(C)(C)C(=O)OCC=O.CCC(C)C(C)(C)NCCNC. The van der Waals surface area contributed by atoms with Crippen molar-refractivity contribution in [2.24, 2.45) is 16.7 Å². The van der Waals surface area contributed by atoms with Crippen molar-refractivity contribution in [3.63, 3.8) is 0 Å². The normalized spacial score (nSPS) is 13.4. The molecule has 0 heterocycles. The molecule has 0 aliphatic carbocycles. The highest BCUT2D eigenvalue weighted by atomic mass is 16.5. The highest BCUT2D eigenvalue weighted by Crippen LogP contribution is 2.36. The number of nitrogens with one attached hydrogen (secondary N) is 2. The van der Waals surface area contributed by atoms with Crippen molar-refractivity contribution in [1.29, 1.82) is 0 Å². The lowest BCUT2D eigenvalue weighted by atomic mass is 9.74. The lowest BCUT2D eigenvalue weighted by Crippen LogP contribution is -2.47. The molecule has 0 fully saturated rings. The van der Waals surface area contributed by atoms with Gasteiger partial charge in [0.2, 0.25) is 0 Å². The van der Waals surface area contributed by atoms with E-state index in [4.69, 9.17) is 4.74 Å². The predicted octanol–water partition coefficient (Wildman–Crippen LogP) is 4.20. The molecule has 0 saturated carbocycles. The fourth-order valence-electron chi connectivity index (χ4n) is 2.89. The Morgan fingerprint density at radius 3 is 2.04 bits per heavy atom. The van der Waals surface area contributed by atoms with E-state index in [-0.39, 0.29) is 23.5 Å². The summed E-state index contributed by atoms with van der Waals surface area (Å²) in [6.07, 6.45) is 3.60. The number of hydrogen-bond donors (Lipinski definition) is 2. The Morgan fingerprint density at radius 2 is 1.63 bits per heavy atom. The molecule has 0 spiro atoms. The van der Waals surface area contributed by atoms with Crippen LogP contribution >= 0.6 is 0 Å². The summed E-state index contributed by atoms with van der Waals surface area (Å²) in [4.78, 5) is 21.7. The van der Waals surface area contributed by atoms with Crippen LogP contribution in [-0.4, -0.2) is 44.5 Å². The molecule has 0 rings (SSSR count). The van der Waals surface area contributed by atoms with Gasteiger partial charge in [0.1, 0.15) is 6.61 Å². The molecule has 0 bridgehead atoms. The van der Waals surface area contributed by atoms with Crippen LogP contribution in [0.25, 0.3) is 0 Å².